The summed E-state index contributed by atoms with van der Waals surface area (Å²) in [6.45, 7) is 13.7. The van der Waals surface area contributed by atoms with E-state index in [0.717, 1.165) is 32.1 Å². The number of ether oxygens (including phenoxy) is 2. The number of hydrogen-bond acceptors (Lipinski definition) is 4. The molecule has 4 nitrogen and oxygen atoms in total. The molecule has 1 aromatic carbocycles. The Labute approximate surface area is 183 Å². The van der Waals surface area contributed by atoms with Gasteiger partial charge in [0.15, 0.2) is 5.79 Å². The van der Waals surface area contributed by atoms with Gasteiger partial charge in [-0.3, -0.25) is 4.84 Å². The average Bonchev–Trinajstić information content (AvgIpc) is 3.14. The number of piperidine rings is 1. The third-order valence-electron chi connectivity index (χ3n) is 8.53. The van der Waals surface area contributed by atoms with Crippen molar-refractivity contribution in [2.24, 2.45) is 5.92 Å². The Kier molecular flexibility index (Phi) is 6.08. The smallest absolute Gasteiger partial charge is 0.175 e. The fourth-order valence-electron chi connectivity index (χ4n) is 6.09. The van der Waals surface area contributed by atoms with Gasteiger partial charge in [0.25, 0.3) is 0 Å². The molecule has 1 aromatic rings. The molecule has 0 amide bonds. The topological polar surface area (TPSA) is 30.9 Å². The van der Waals surface area contributed by atoms with E-state index in [1.54, 1.807) is 0 Å². The van der Waals surface area contributed by atoms with Crippen LogP contribution in [-0.4, -0.2) is 34.1 Å². The molecule has 2 aliphatic heterocycles. The summed E-state index contributed by atoms with van der Waals surface area (Å²) < 4.78 is 13.7. The number of rotatable bonds is 5. The zero-order valence-electron chi connectivity index (χ0n) is 19.8. The summed E-state index contributed by atoms with van der Waals surface area (Å²) in [7, 11) is 0. The van der Waals surface area contributed by atoms with Gasteiger partial charge in [0.2, 0.25) is 0 Å². The van der Waals surface area contributed by atoms with Gasteiger partial charge in [0.05, 0.1) is 17.7 Å². The Morgan fingerprint density at radius 2 is 1.63 bits per heavy atom. The van der Waals surface area contributed by atoms with E-state index in [9.17, 15) is 0 Å². The predicted molar refractivity (Wildman–Crippen MR) is 120 cm³/mol. The van der Waals surface area contributed by atoms with Crippen LogP contribution >= 0.6 is 0 Å². The van der Waals surface area contributed by atoms with Crippen molar-refractivity contribution >= 4 is 0 Å². The third-order valence-corrected chi connectivity index (χ3v) is 8.53. The monoisotopic (exact) mass is 415 g/mol. The summed E-state index contributed by atoms with van der Waals surface area (Å²) in [5.74, 6) is -0.298. The summed E-state index contributed by atoms with van der Waals surface area (Å²) in [6.07, 6.45) is 8.13. The number of benzene rings is 1. The molecule has 0 aromatic heterocycles. The van der Waals surface area contributed by atoms with E-state index in [4.69, 9.17) is 14.3 Å². The van der Waals surface area contributed by atoms with Crippen LogP contribution in [0.3, 0.4) is 0 Å². The van der Waals surface area contributed by atoms with E-state index in [0.29, 0.717) is 0 Å². The summed E-state index contributed by atoms with van der Waals surface area (Å²) >= 11 is 0. The molecular weight excluding hydrogens is 374 g/mol. The zero-order valence-corrected chi connectivity index (χ0v) is 19.8. The van der Waals surface area contributed by atoms with Gasteiger partial charge in [-0.25, -0.2) is 0 Å². The Morgan fingerprint density at radius 3 is 2.17 bits per heavy atom. The van der Waals surface area contributed by atoms with Crippen molar-refractivity contribution in [2.75, 3.05) is 0 Å². The second-order valence-electron chi connectivity index (χ2n) is 10.3. The Morgan fingerprint density at radius 1 is 1.03 bits per heavy atom. The van der Waals surface area contributed by atoms with E-state index in [1.165, 1.54) is 18.4 Å². The van der Waals surface area contributed by atoms with Crippen LogP contribution in [-0.2, 0) is 14.3 Å². The fourth-order valence-corrected chi connectivity index (χ4v) is 6.09. The molecule has 1 spiro atoms. The molecule has 4 heteroatoms. The van der Waals surface area contributed by atoms with Crippen LogP contribution in [0.25, 0.3) is 0 Å². The molecule has 1 aliphatic carbocycles. The molecule has 2 saturated heterocycles. The van der Waals surface area contributed by atoms with Gasteiger partial charge >= 0.3 is 0 Å². The second kappa shape index (κ2) is 8.20. The van der Waals surface area contributed by atoms with Crippen LogP contribution in [0, 0.1) is 5.92 Å². The number of nitrogens with zero attached hydrogens (tertiary/aromatic N) is 1. The van der Waals surface area contributed by atoms with Crippen LogP contribution in [0.15, 0.2) is 30.3 Å². The molecule has 1 saturated carbocycles. The first-order valence-corrected chi connectivity index (χ1v) is 12.2. The van der Waals surface area contributed by atoms with Gasteiger partial charge in [-0.05, 0) is 52.0 Å². The van der Waals surface area contributed by atoms with Gasteiger partial charge < -0.3 is 9.47 Å². The molecule has 0 radical (unpaired) electrons. The highest BCUT2D eigenvalue weighted by Crippen LogP contribution is 2.56. The summed E-state index contributed by atoms with van der Waals surface area (Å²) in [6, 6.07) is 10.5. The highest BCUT2D eigenvalue weighted by molar-refractivity contribution is 5.17. The highest BCUT2D eigenvalue weighted by atomic mass is 16.8. The Balaban J connectivity index is 1.66. The first-order chi connectivity index (χ1) is 14.3. The van der Waals surface area contributed by atoms with Crippen LogP contribution in [0.5, 0.6) is 0 Å². The van der Waals surface area contributed by atoms with Crippen LogP contribution in [0.1, 0.15) is 98.2 Å². The molecule has 2 heterocycles. The lowest BCUT2D eigenvalue weighted by Gasteiger charge is -2.62. The quantitative estimate of drug-likeness (QED) is 0.556. The molecular formula is C26H41NO3. The molecule has 6 unspecified atom stereocenters. The molecule has 4 rings (SSSR count). The maximum absolute atomic E-state index is 6.83. The van der Waals surface area contributed by atoms with Crippen molar-refractivity contribution in [1.82, 2.24) is 5.06 Å². The van der Waals surface area contributed by atoms with Gasteiger partial charge in [0, 0.05) is 17.9 Å². The van der Waals surface area contributed by atoms with E-state index < -0.39 is 5.79 Å². The van der Waals surface area contributed by atoms with Crippen molar-refractivity contribution in [2.45, 2.75) is 122 Å². The highest BCUT2D eigenvalue weighted by Gasteiger charge is 2.65. The lowest BCUT2D eigenvalue weighted by molar-refractivity contribution is -0.381. The van der Waals surface area contributed by atoms with Crippen molar-refractivity contribution in [3.63, 3.8) is 0 Å². The summed E-state index contributed by atoms with van der Waals surface area (Å²) in [5.41, 5.74) is 0.870. The molecule has 3 fully saturated rings. The van der Waals surface area contributed by atoms with E-state index in [-0.39, 0.29) is 35.3 Å². The molecule has 168 valence electrons. The lowest BCUT2D eigenvalue weighted by atomic mass is 9.67. The van der Waals surface area contributed by atoms with Gasteiger partial charge in [0.1, 0.15) is 6.10 Å². The van der Waals surface area contributed by atoms with Crippen molar-refractivity contribution in [3.8, 4) is 0 Å². The lowest BCUT2D eigenvalue weighted by Crippen LogP contribution is -2.71. The van der Waals surface area contributed by atoms with Crippen molar-refractivity contribution in [1.29, 1.82) is 0 Å². The molecule has 6 atom stereocenters. The Bertz CT molecular complexity index is 710. The normalized spacial score (nSPS) is 42.9. The number of hydrogen-bond donors (Lipinski definition) is 0. The third kappa shape index (κ3) is 3.54. The summed E-state index contributed by atoms with van der Waals surface area (Å²) in [5, 5.41) is 2.34. The van der Waals surface area contributed by atoms with E-state index in [1.807, 2.05) is 0 Å². The summed E-state index contributed by atoms with van der Waals surface area (Å²) in [4.78, 5) is 6.80. The van der Waals surface area contributed by atoms with E-state index >= 15 is 0 Å². The minimum absolute atomic E-state index is 0.00260. The van der Waals surface area contributed by atoms with Crippen LogP contribution < -0.4 is 0 Å². The second-order valence-corrected chi connectivity index (χ2v) is 10.3. The first-order valence-electron chi connectivity index (χ1n) is 12.2. The SMILES string of the molecule is CCC1(C)CC2(OC3CCCCC3O2)C(C)C(C)(CC)N1OC(C)c1ccccc1. The van der Waals surface area contributed by atoms with Crippen LogP contribution in [0.2, 0.25) is 0 Å². The van der Waals surface area contributed by atoms with Crippen LogP contribution in [0.4, 0.5) is 0 Å². The standard InChI is InChI=1S/C26H41NO3/c1-7-24(5)18-26(28-22-16-12-13-17-23(22)29-26)20(4)25(6,8-2)27(24)30-19(3)21-14-10-9-11-15-21/h9-11,14-15,19-20,22-23H,7-8,12-13,16-18H2,1-6H3. The molecule has 3 aliphatic rings. The molecule has 0 bridgehead atoms. The number of hydroxylamine groups is 2. The molecule has 0 N–H and O–H groups in total. The van der Waals surface area contributed by atoms with Gasteiger partial charge in [-0.15, -0.1) is 0 Å². The maximum Gasteiger partial charge on any atom is 0.175 e. The fraction of sp³-hybridized carbons (Fsp3) is 0.769. The average molecular weight is 416 g/mol. The van der Waals surface area contributed by atoms with Crippen molar-refractivity contribution < 1.29 is 14.3 Å². The minimum atomic E-state index is -0.509. The first kappa shape index (κ1) is 22.3. The maximum atomic E-state index is 6.83. The number of fused-ring (bicyclic) bond motifs is 1. The van der Waals surface area contributed by atoms with Gasteiger partial charge in [-0.1, -0.05) is 63.9 Å². The Hall–Kier alpha value is -0.940. The minimum Gasteiger partial charge on any atom is -0.344 e. The largest absolute Gasteiger partial charge is 0.344 e. The van der Waals surface area contributed by atoms with E-state index in [2.05, 4.69) is 76.9 Å². The predicted octanol–water partition coefficient (Wildman–Crippen LogP) is 6.41. The van der Waals surface area contributed by atoms with Crippen molar-refractivity contribution in [3.05, 3.63) is 35.9 Å². The zero-order chi connectivity index (χ0) is 21.6. The van der Waals surface area contributed by atoms with Gasteiger partial charge in [-0.2, -0.15) is 5.06 Å². The molecule has 30 heavy (non-hydrogen) atoms.